The molecule has 0 fully saturated rings. The predicted molar refractivity (Wildman–Crippen MR) is 237 cm³/mol. The lowest BCUT2D eigenvalue weighted by molar-refractivity contribution is -0.124. The molecule has 1 unspecified atom stereocenters. The quantitative estimate of drug-likeness (QED) is 0.0356. The number of nitrogens with zero attached hydrogens (tertiary/aromatic N) is 4. The zero-order valence-corrected chi connectivity index (χ0v) is 36.8. The fourth-order valence-electron chi connectivity index (χ4n) is 6.64. The van der Waals surface area contributed by atoms with Gasteiger partial charge in [-0.25, -0.2) is 24.6 Å². The Bertz CT molecular complexity index is 2300. The Labute approximate surface area is 361 Å². The van der Waals surface area contributed by atoms with Crippen molar-refractivity contribution >= 4 is 41.6 Å². The number of nitrogen functional groups attached to an aromatic ring is 1. The molecule has 3 N–H and O–H groups in total. The number of fused-ring (bicyclic) bond motifs is 1. The minimum Gasteiger partial charge on any atom is -0.497 e. The molecule has 0 radical (unpaired) electrons. The molecule has 6 aromatic rings. The normalized spacial score (nSPS) is 13.5. The first-order valence-electron chi connectivity index (χ1n) is 19.9. The van der Waals surface area contributed by atoms with Gasteiger partial charge < -0.3 is 24.7 Å². The van der Waals surface area contributed by atoms with Crippen LogP contribution in [0.5, 0.6) is 11.5 Å². The van der Waals surface area contributed by atoms with Crippen LogP contribution in [0.25, 0.3) is 11.2 Å². The smallest absolute Gasteiger partial charge is 0.405 e. The van der Waals surface area contributed by atoms with E-state index in [0.717, 1.165) is 34.0 Å². The number of anilines is 1. The highest BCUT2D eigenvalue weighted by atomic mass is 32.2. The highest BCUT2D eigenvalue weighted by Gasteiger charge is 2.41. The zero-order valence-electron chi connectivity index (χ0n) is 35.1. The maximum Gasteiger partial charge on any atom is 0.405 e. The lowest BCUT2D eigenvalue weighted by Gasteiger charge is -2.38. The molecule has 2 heterocycles. The average Bonchev–Trinajstić information content (AvgIpc) is 3.73. The molecule has 0 bridgehead atoms. The number of benzene rings is 4. The lowest BCUT2D eigenvalue weighted by atomic mass is 9.79. The van der Waals surface area contributed by atoms with Crippen molar-refractivity contribution in [3.8, 4) is 11.5 Å². The van der Waals surface area contributed by atoms with Gasteiger partial charge in [0.25, 0.3) is 0 Å². The van der Waals surface area contributed by atoms with Gasteiger partial charge in [0.05, 0.1) is 52.4 Å². The van der Waals surface area contributed by atoms with Gasteiger partial charge in [-0.2, -0.15) is 0 Å². The van der Waals surface area contributed by atoms with E-state index in [2.05, 4.69) is 20.0 Å². The van der Waals surface area contributed by atoms with Crippen LogP contribution in [0, 0.1) is 5.41 Å². The van der Waals surface area contributed by atoms with Crippen LogP contribution in [0.15, 0.2) is 122 Å². The molecule has 61 heavy (non-hydrogen) atoms. The molecule has 2 aromatic heterocycles. The van der Waals surface area contributed by atoms with Gasteiger partial charge in [0.2, 0.25) is 0 Å². The fraction of sp³-hybridized carbons (Fsp3) is 0.333. The molecule has 0 saturated carbocycles. The molecule has 0 amide bonds. The number of rotatable bonds is 23. The van der Waals surface area contributed by atoms with E-state index < -0.39 is 25.0 Å². The van der Waals surface area contributed by atoms with Gasteiger partial charge in [-0.3, -0.25) is 18.4 Å². The van der Waals surface area contributed by atoms with Crippen LogP contribution in [0.4, 0.5) is 5.82 Å². The van der Waals surface area contributed by atoms with Crippen molar-refractivity contribution in [3.63, 3.8) is 0 Å². The van der Waals surface area contributed by atoms with Crippen LogP contribution in [0.3, 0.4) is 0 Å². The molecule has 6 rings (SSSR count). The van der Waals surface area contributed by atoms with Crippen LogP contribution >= 0.6 is 19.5 Å². The van der Waals surface area contributed by atoms with Crippen LogP contribution in [-0.2, 0) is 40.0 Å². The number of carbonyl (C=O) groups excluding carboxylic acids is 1. The van der Waals surface area contributed by atoms with E-state index in [9.17, 15) is 9.36 Å². The molecule has 0 aliphatic rings. The number of hydrogen-bond donors (Lipinski definition) is 2. The second kappa shape index (κ2) is 21.1. The Morgan fingerprint density at radius 2 is 1.39 bits per heavy atom. The van der Waals surface area contributed by atoms with E-state index in [0.29, 0.717) is 29.1 Å². The fourth-order valence-corrected chi connectivity index (χ4v) is 8.84. The predicted octanol–water partition coefficient (Wildman–Crippen LogP) is 8.58. The van der Waals surface area contributed by atoms with Crippen LogP contribution in [-0.4, -0.2) is 71.0 Å². The van der Waals surface area contributed by atoms with Gasteiger partial charge in [-0.15, -0.1) is 0 Å². The number of ether oxygens (including phenoxy) is 4. The highest BCUT2D eigenvalue weighted by Crippen LogP contribution is 2.45. The first kappa shape index (κ1) is 45.4. The van der Waals surface area contributed by atoms with Gasteiger partial charge in [0.1, 0.15) is 35.2 Å². The summed E-state index contributed by atoms with van der Waals surface area (Å²) in [4.78, 5) is 26.6. The van der Waals surface area contributed by atoms with Gasteiger partial charge in [0, 0.05) is 12.3 Å². The number of aromatic nitrogens is 4. The van der Waals surface area contributed by atoms with Crippen molar-refractivity contribution in [2.45, 2.75) is 45.6 Å². The van der Waals surface area contributed by atoms with E-state index in [1.165, 1.54) is 6.33 Å². The topological polar surface area (TPSA) is 171 Å². The second-order valence-corrected chi connectivity index (χ2v) is 17.5. The molecule has 4 aromatic carbocycles. The maximum absolute atomic E-state index is 14.1. The summed E-state index contributed by atoms with van der Waals surface area (Å²) in [6.45, 7) is 6.01. The summed E-state index contributed by atoms with van der Waals surface area (Å²) in [6, 6.07) is 34.9. The Balaban J connectivity index is 1.11. The first-order valence-corrected chi connectivity index (χ1v) is 22.4. The summed E-state index contributed by atoms with van der Waals surface area (Å²) in [6.07, 6.45) is 3.15. The second-order valence-electron chi connectivity index (χ2n) is 14.6. The van der Waals surface area contributed by atoms with Crippen LogP contribution in [0.1, 0.15) is 55.7 Å². The number of methoxy groups -OCH3 is 2. The summed E-state index contributed by atoms with van der Waals surface area (Å²) in [5, 5.41) is 2.85. The monoisotopic (exact) mass is 868 g/mol. The third-order valence-electron chi connectivity index (χ3n) is 9.97. The molecule has 14 nitrogen and oxygen atoms in total. The summed E-state index contributed by atoms with van der Waals surface area (Å²) >= 11 is 1.09. The molecular weight excluding hydrogens is 816 g/mol. The summed E-state index contributed by atoms with van der Waals surface area (Å²) in [5.74, 6) is 1.91. The van der Waals surface area contributed by atoms with E-state index >= 15 is 0 Å². The van der Waals surface area contributed by atoms with Gasteiger partial charge in [-0.1, -0.05) is 104 Å². The molecule has 2 atom stereocenters. The molecule has 0 aliphatic carbocycles. The summed E-state index contributed by atoms with van der Waals surface area (Å²) in [5.41, 5.74) is 8.47. The number of nitrogens with one attached hydrogen (secondary N) is 1. The Morgan fingerprint density at radius 1 is 0.803 bits per heavy atom. The molecule has 0 spiro atoms. The van der Waals surface area contributed by atoms with Crippen molar-refractivity contribution < 1.29 is 37.4 Å². The highest BCUT2D eigenvalue weighted by molar-refractivity contribution is 8.13. The minimum absolute atomic E-state index is 0.0291. The molecule has 0 saturated heterocycles. The van der Waals surface area contributed by atoms with Crippen molar-refractivity contribution in [2.24, 2.45) is 5.41 Å². The number of nitrogens with two attached hydrogens (primary N) is 1. The largest absolute Gasteiger partial charge is 0.497 e. The number of imidazole rings is 1. The van der Waals surface area contributed by atoms with Gasteiger partial charge >= 0.3 is 7.75 Å². The molecular formula is C45H53N6O8PS. The third kappa shape index (κ3) is 11.2. The maximum atomic E-state index is 14.1. The molecule has 322 valence electrons. The Morgan fingerprint density at radius 3 is 2.00 bits per heavy atom. The van der Waals surface area contributed by atoms with E-state index in [-0.39, 0.29) is 49.7 Å². The third-order valence-corrected chi connectivity index (χ3v) is 12.8. The number of carbonyl (C=O) groups is 1. The lowest BCUT2D eigenvalue weighted by Crippen LogP contribution is -2.38. The first-order chi connectivity index (χ1) is 29.5. The van der Waals surface area contributed by atoms with Gasteiger partial charge in [0.15, 0.2) is 16.6 Å². The Kier molecular flexibility index (Phi) is 15.7. The standard InChI is InChI=1S/C45H53N6O8PS/c1-6-39(51-32-49-40-41(46)47-31-48-42(40)51)56-25-26-58-60(53,50-29-33-13-9-7-10-14-33)59-27-28-61-43(52)44(2,3)30-57-45(34-15-11-8-12-16-34,35-17-21-37(54-4)22-18-35)36-19-23-38(55-5)24-20-36/h7-24,31-32,39H,6,25-30H2,1-5H3,(H,50,53)(H2,46,47,48)/t39-,60?/m0/s1. The molecule has 16 heteroatoms. The van der Waals surface area contributed by atoms with Crippen molar-refractivity contribution in [2.75, 3.05) is 52.1 Å². The minimum atomic E-state index is -3.86. The van der Waals surface area contributed by atoms with E-state index in [1.54, 1.807) is 25.1 Å². The van der Waals surface area contributed by atoms with Crippen molar-refractivity contribution in [1.82, 2.24) is 24.6 Å². The number of hydrogen-bond acceptors (Lipinski definition) is 13. The van der Waals surface area contributed by atoms with E-state index in [4.69, 9.17) is 33.7 Å². The van der Waals surface area contributed by atoms with Gasteiger partial charge in [-0.05, 0) is 66.8 Å². The van der Waals surface area contributed by atoms with Crippen LogP contribution in [0.2, 0.25) is 0 Å². The van der Waals surface area contributed by atoms with Crippen LogP contribution < -0.4 is 20.3 Å². The SMILES string of the molecule is CC[C@H](OCCOP(=O)(NCc1ccccc1)OCCSC(=O)C(C)(C)COC(c1ccccc1)(c1ccc(OC)cc1)c1ccc(OC)cc1)n1cnc2c(N)ncnc21. The summed E-state index contributed by atoms with van der Waals surface area (Å²) < 4.78 is 51.7. The Hall–Kier alpha value is -5.12. The van der Waals surface area contributed by atoms with E-state index in [1.807, 2.05) is 130 Å². The molecule has 0 aliphatic heterocycles. The summed E-state index contributed by atoms with van der Waals surface area (Å²) in [7, 11) is -0.610. The average molecular weight is 869 g/mol. The zero-order chi connectivity index (χ0) is 43.3. The van der Waals surface area contributed by atoms with Crippen molar-refractivity contribution in [3.05, 3.63) is 144 Å². The van der Waals surface area contributed by atoms with Crippen molar-refractivity contribution in [1.29, 1.82) is 0 Å². The number of thioether (sulfide) groups is 1.